The van der Waals surface area contributed by atoms with Crippen LogP contribution in [0.1, 0.15) is 41.5 Å². The fraction of sp³-hybridized carbons (Fsp3) is 0.167. The van der Waals surface area contributed by atoms with Gasteiger partial charge in [-0.25, -0.2) is 8.78 Å². The van der Waals surface area contributed by atoms with E-state index in [2.05, 4.69) is 0 Å². The summed E-state index contributed by atoms with van der Waals surface area (Å²) >= 11 is 0. The van der Waals surface area contributed by atoms with E-state index in [1.54, 1.807) is 0 Å². The summed E-state index contributed by atoms with van der Waals surface area (Å²) in [5, 5.41) is 0. The number of hydrogen-bond acceptors (Lipinski definition) is 4. The van der Waals surface area contributed by atoms with Gasteiger partial charge in [0.1, 0.15) is 11.6 Å². The zero-order valence-corrected chi connectivity index (χ0v) is 13.6. The predicted molar refractivity (Wildman–Crippen MR) is 85.7 cm³/mol. The van der Waals surface area contributed by atoms with Crippen molar-refractivity contribution in [3.05, 3.63) is 47.0 Å². The number of fused-ring (bicyclic) bond motifs is 2. The van der Waals surface area contributed by atoms with Crippen molar-refractivity contribution in [2.75, 3.05) is 4.90 Å². The first-order valence-electron chi connectivity index (χ1n) is 7.38. The molecule has 0 N–H and O–H groups in total. The second-order valence-corrected chi connectivity index (χ2v) is 5.67. The number of nitrogens with zero attached hydrogens (tertiary/aromatic N) is 1. The molecule has 0 atom stereocenters. The van der Waals surface area contributed by atoms with Crippen LogP contribution in [0.4, 0.5) is 20.2 Å². The van der Waals surface area contributed by atoms with Gasteiger partial charge in [-0.2, -0.15) is 0 Å². The normalized spacial score (nSPS) is 12.1. The smallest absolute Gasteiger partial charge is 0.228 e. The third kappa shape index (κ3) is 2.67. The number of carbonyl (C=O) groups excluding carboxylic acids is 3. The molecule has 0 fully saturated rings. The molecule has 0 radical (unpaired) electrons. The minimum absolute atomic E-state index is 0.0532. The lowest BCUT2D eigenvalue weighted by Crippen LogP contribution is -2.27. The van der Waals surface area contributed by atoms with Crippen LogP contribution in [0.3, 0.4) is 0 Å². The van der Waals surface area contributed by atoms with Gasteiger partial charge in [-0.3, -0.25) is 19.3 Å². The molecule has 0 aliphatic carbocycles. The molecule has 0 saturated carbocycles. The number of rotatable bonds is 2. The summed E-state index contributed by atoms with van der Waals surface area (Å²) in [6.45, 7) is 3.63. The van der Waals surface area contributed by atoms with Crippen molar-refractivity contribution in [3.63, 3.8) is 0 Å². The lowest BCUT2D eigenvalue weighted by atomic mass is 10.0. The van der Waals surface area contributed by atoms with E-state index >= 15 is 0 Å². The number of carbonyl (C=O) groups is 3. The predicted octanol–water partition coefficient (Wildman–Crippen LogP) is 4.16. The number of amides is 1. The molecule has 2 aromatic rings. The maximum absolute atomic E-state index is 14.2. The Bertz CT molecular complexity index is 883. The molecule has 1 amide bonds. The van der Waals surface area contributed by atoms with Gasteiger partial charge in [-0.1, -0.05) is 0 Å². The van der Waals surface area contributed by atoms with Crippen molar-refractivity contribution >= 4 is 28.8 Å². The molecule has 0 aromatic heterocycles. The van der Waals surface area contributed by atoms with Crippen LogP contribution in [0.25, 0.3) is 0 Å². The highest BCUT2D eigenvalue weighted by molar-refractivity contribution is 6.05. The van der Waals surface area contributed by atoms with Crippen molar-refractivity contribution < 1.29 is 27.9 Å². The van der Waals surface area contributed by atoms with Crippen LogP contribution in [0.15, 0.2) is 24.3 Å². The standard InChI is InChI=1S/C18H13F2NO4/c1-8(22)11-4-17-15(6-13(11)19)21(10(3)24)16-7-14(20)12(9(2)23)5-18(16)25-17/h4-7H,1-3H3. The molecule has 0 spiro atoms. The molecule has 1 aliphatic rings. The quantitative estimate of drug-likeness (QED) is 0.767. The number of benzene rings is 2. The van der Waals surface area contributed by atoms with Crippen LogP contribution in [0.2, 0.25) is 0 Å². The molecule has 3 rings (SSSR count). The number of ketones is 2. The van der Waals surface area contributed by atoms with E-state index in [1.807, 2.05) is 0 Å². The molecule has 128 valence electrons. The highest BCUT2D eigenvalue weighted by Crippen LogP contribution is 2.48. The number of halogens is 2. The summed E-state index contributed by atoms with van der Waals surface area (Å²) in [5.74, 6) is -3.02. The van der Waals surface area contributed by atoms with E-state index in [0.29, 0.717) is 0 Å². The highest BCUT2D eigenvalue weighted by atomic mass is 19.1. The summed E-state index contributed by atoms with van der Waals surface area (Å²) in [4.78, 5) is 36.2. The van der Waals surface area contributed by atoms with Crippen LogP contribution in [-0.4, -0.2) is 17.5 Å². The topological polar surface area (TPSA) is 63.7 Å². The molecule has 0 saturated heterocycles. The van der Waals surface area contributed by atoms with Gasteiger partial charge in [0.25, 0.3) is 0 Å². The average molecular weight is 345 g/mol. The minimum atomic E-state index is -0.814. The minimum Gasteiger partial charge on any atom is -0.453 e. The van der Waals surface area contributed by atoms with Gasteiger partial charge in [-0.05, 0) is 26.0 Å². The van der Waals surface area contributed by atoms with Gasteiger partial charge in [0.2, 0.25) is 5.91 Å². The largest absolute Gasteiger partial charge is 0.453 e. The van der Waals surface area contributed by atoms with E-state index in [9.17, 15) is 23.2 Å². The fourth-order valence-corrected chi connectivity index (χ4v) is 2.73. The first-order valence-corrected chi connectivity index (χ1v) is 7.38. The molecule has 0 bridgehead atoms. The van der Waals surface area contributed by atoms with Crippen LogP contribution in [0.5, 0.6) is 11.5 Å². The maximum atomic E-state index is 14.2. The Morgan fingerprint density at radius 2 is 1.20 bits per heavy atom. The van der Waals surface area contributed by atoms with Gasteiger partial charge in [0.15, 0.2) is 23.1 Å². The van der Waals surface area contributed by atoms with E-state index in [-0.39, 0.29) is 34.0 Å². The van der Waals surface area contributed by atoms with E-state index in [1.165, 1.54) is 32.9 Å². The zero-order chi connectivity index (χ0) is 18.5. The fourth-order valence-electron chi connectivity index (χ4n) is 2.73. The summed E-state index contributed by atoms with van der Waals surface area (Å²) in [6.07, 6.45) is 0. The van der Waals surface area contributed by atoms with Crippen molar-refractivity contribution in [2.24, 2.45) is 0 Å². The van der Waals surface area contributed by atoms with Gasteiger partial charge in [-0.15, -0.1) is 0 Å². The average Bonchev–Trinajstić information content (AvgIpc) is 2.51. The van der Waals surface area contributed by atoms with E-state index in [0.717, 1.165) is 17.0 Å². The number of anilines is 2. The molecule has 0 unspecified atom stereocenters. The molecular formula is C18H13F2NO4. The van der Waals surface area contributed by atoms with Crippen molar-refractivity contribution in [1.82, 2.24) is 0 Å². The van der Waals surface area contributed by atoms with Crippen molar-refractivity contribution in [2.45, 2.75) is 20.8 Å². The van der Waals surface area contributed by atoms with Crippen LogP contribution in [0, 0.1) is 11.6 Å². The van der Waals surface area contributed by atoms with Crippen LogP contribution >= 0.6 is 0 Å². The molecule has 25 heavy (non-hydrogen) atoms. The Balaban J connectivity index is 2.27. The molecule has 7 heteroatoms. The van der Waals surface area contributed by atoms with Gasteiger partial charge >= 0.3 is 0 Å². The van der Waals surface area contributed by atoms with Crippen LogP contribution < -0.4 is 9.64 Å². The van der Waals surface area contributed by atoms with Crippen molar-refractivity contribution in [3.8, 4) is 11.5 Å². The molecular weight excluding hydrogens is 332 g/mol. The Kier molecular flexibility index (Phi) is 3.87. The SMILES string of the molecule is CC(=O)c1cc2c(cc1F)N(C(C)=O)c1cc(F)c(C(C)=O)cc1O2. The van der Waals surface area contributed by atoms with Gasteiger partial charge in [0, 0.05) is 19.1 Å². The number of Topliss-reactive ketones (excluding diaryl/α,β-unsaturated/α-hetero) is 2. The monoisotopic (exact) mass is 345 g/mol. The summed E-state index contributed by atoms with van der Waals surface area (Å²) in [7, 11) is 0. The Hall–Kier alpha value is -3.09. The van der Waals surface area contributed by atoms with Gasteiger partial charge < -0.3 is 4.74 Å². The third-order valence-corrected chi connectivity index (χ3v) is 3.87. The lowest BCUT2D eigenvalue weighted by molar-refractivity contribution is -0.115. The maximum Gasteiger partial charge on any atom is 0.228 e. The Labute approximate surface area is 141 Å². The van der Waals surface area contributed by atoms with Gasteiger partial charge in [0.05, 0.1) is 22.5 Å². The second-order valence-electron chi connectivity index (χ2n) is 5.67. The highest BCUT2D eigenvalue weighted by Gasteiger charge is 2.31. The Morgan fingerprint density at radius 1 is 0.800 bits per heavy atom. The summed E-state index contributed by atoms with van der Waals surface area (Å²) in [6, 6.07) is 4.35. The first-order chi connectivity index (χ1) is 11.7. The lowest BCUT2D eigenvalue weighted by Gasteiger charge is -2.31. The third-order valence-electron chi connectivity index (χ3n) is 3.87. The van der Waals surface area contributed by atoms with E-state index in [4.69, 9.17) is 4.74 Å². The molecule has 1 heterocycles. The second kappa shape index (κ2) is 5.77. The molecule has 2 aromatic carbocycles. The zero-order valence-electron chi connectivity index (χ0n) is 13.6. The Morgan fingerprint density at radius 3 is 1.52 bits per heavy atom. The molecule has 1 aliphatic heterocycles. The first kappa shape index (κ1) is 16.8. The summed E-state index contributed by atoms with van der Waals surface area (Å²) < 4.78 is 33.9. The van der Waals surface area contributed by atoms with Crippen LogP contribution in [-0.2, 0) is 4.79 Å². The van der Waals surface area contributed by atoms with Crippen molar-refractivity contribution in [1.29, 1.82) is 0 Å². The summed E-state index contributed by atoms with van der Waals surface area (Å²) in [5.41, 5.74) is -0.283. The molecule has 5 nitrogen and oxygen atoms in total. The number of ether oxygens (including phenoxy) is 1. The van der Waals surface area contributed by atoms with E-state index < -0.39 is 29.1 Å². The number of hydrogen-bond donors (Lipinski definition) is 0.